The predicted molar refractivity (Wildman–Crippen MR) is 75.3 cm³/mol. The first-order valence-corrected chi connectivity index (χ1v) is 6.71. The molecule has 1 aromatic rings. The molecule has 0 saturated heterocycles. The molecule has 0 fully saturated rings. The lowest BCUT2D eigenvalue weighted by Gasteiger charge is -2.17. The minimum Gasteiger partial charge on any atom is -0.355 e. The Labute approximate surface area is 110 Å². The van der Waals surface area contributed by atoms with E-state index in [4.69, 9.17) is 5.73 Å². The van der Waals surface area contributed by atoms with E-state index in [1.807, 2.05) is 18.2 Å². The van der Waals surface area contributed by atoms with Crippen molar-refractivity contribution in [2.75, 3.05) is 13.1 Å². The summed E-state index contributed by atoms with van der Waals surface area (Å²) >= 11 is 0. The van der Waals surface area contributed by atoms with Crippen molar-refractivity contribution in [3.05, 3.63) is 35.9 Å². The van der Waals surface area contributed by atoms with Gasteiger partial charge in [0.25, 0.3) is 0 Å². The van der Waals surface area contributed by atoms with Crippen LogP contribution in [-0.4, -0.2) is 19.0 Å². The van der Waals surface area contributed by atoms with Gasteiger partial charge in [-0.15, -0.1) is 0 Å². The highest BCUT2D eigenvalue weighted by atomic mass is 16.1. The largest absolute Gasteiger partial charge is 0.355 e. The van der Waals surface area contributed by atoms with Crippen LogP contribution in [0.15, 0.2) is 30.3 Å². The molecule has 2 unspecified atom stereocenters. The first-order valence-electron chi connectivity index (χ1n) is 6.71. The number of nitrogens with two attached hydrogens (primary N) is 1. The maximum atomic E-state index is 11.9. The van der Waals surface area contributed by atoms with Crippen LogP contribution in [0.4, 0.5) is 0 Å². The van der Waals surface area contributed by atoms with Gasteiger partial charge >= 0.3 is 0 Å². The number of carbonyl (C=O) groups excluding carboxylic acids is 1. The monoisotopic (exact) mass is 248 g/mol. The highest BCUT2D eigenvalue weighted by Crippen LogP contribution is 2.13. The Hall–Kier alpha value is -1.35. The quantitative estimate of drug-likeness (QED) is 0.778. The fourth-order valence-electron chi connectivity index (χ4n) is 2.00. The molecular weight excluding hydrogens is 224 g/mol. The second-order valence-corrected chi connectivity index (χ2v) is 4.78. The Morgan fingerprint density at radius 1 is 1.33 bits per heavy atom. The summed E-state index contributed by atoms with van der Waals surface area (Å²) in [4.78, 5) is 11.9. The minimum atomic E-state index is -0.0435. The van der Waals surface area contributed by atoms with Gasteiger partial charge in [-0.3, -0.25) is 4.79 Å². The Balaban J connectivity index is 2.42. The molecule has 1 amide bonds. The maximum Gasteiger partial charge on any atom is 0.224 e. The summed E-state index contributed by atoms with van der Waals surface area (Å²) in [6.07, 6.45) is 1.85. The third kappa shape index (κ3) is 4.49. The molecule has 0 aliphatic carbocycles. The SMILES string of the molecule is CCCC(CN)C(=O)NCC(C)c1ccccc1. The van der Waals surface area contributed by atoms with E-state index in [1.165, 1.54) is 5.56 Å². The van der Waals surface area contributed by atoms with E-state index in [2.05, 4.69) is 31.3 Å². The lowest BCUT2D eigenvalue weighted by molar-refractivity contribution is -0.124. The van der Waals surface area contributed by atoms with E-state index in [-0.39, 0.29) is 11.8 Å². The van der Waals surface area contributed by atoms with Crippen molar-refractivity contribution in [3.8, 4) is 0 Å². The van der Waals surface area contributed by atoms with Gasteiger partial charge in [0.05, 0.1) is 5.92 Å². The minimum absolute atomic E-state index is 0.0435. The van der Waals surface area contributed by atoms with Crippen molar-refractivity contribution in [1.29, 1.82) is 0 Å². The topological polar surface area (TPSA) is 55.1 Å². The molecule has 3 nitrogen and oxygen atoms in total. The van der Waals surface area contributed by atoms with Crippen LogP contribution in [0.25, 0.3) is 0 Å². The molecule has 0 heterocycles. The number of nitrogens with one attached hydrogen (secondary N) is 1. The van der Waals surface area contributed by atoms with E-state index in [0.29, 0.717) is 19.0 Å². The van der Waals surface area contributed by atoms with Gasteiger partial charge in [-0.1, -0.05) is 50.6 Å². The van der Waals surface area contributed by atoms with E-state index in [9.17, 15) is 4.79 Å². The van der Waals surface area contributed by atoms with Crippen molar-refractivity contribution in [1.82, 2.24) is 5.32 Å². The van der Waals surface area contributed by atoms with Gasteiger partial charge in [0, 0.05) is 13.1 Å². The zero-order valence-corrected chi connectivity index (χ0v) is 11.4. The molecule has 0 bridgehead atoms. The number of carbonyl (C=O) groups is 1. The lowest BCUT2D eigenvalue weighted by atomic mass is 10.00. The van der Waals surface area contributed by atoms with Crippen LogP contribution in [0.5, 0.6) is 0 Å². The molecule has 3 N–H and O–H groups in total. The zero-order chi connectivity index (χ0) is 13.4. The average Bonchev–Trinajstić information content (AvgIpc) is 2.42. The highest BCUT2D eigenvalue weighted by molar-refractivity contribution is 5.78. The van der Waals surface area contributed by atoms with Crippen LogP contribution in [0.3, 0.4) is 0 Å². The number of hydrogen-bond acceptors (Lipinski definition) is 2. The number of rotatable bonds is 7. The summed E-state index contributed by atoms with van der Waals surface area (Å²) in [5.41, 5.74) is 6.86. The molecule has 0 saturated carbocycles. The van der Waals surface area contributed by atoms with Crippen molar-refractivity contribution in [2.45, 2.75) is 32.6 Å². The number of hydrogen-bond donors (Lipinski definition) is 2. The molecule has 1 aromatic carbocycles. The molecule has 0 spiro atoms. The molecule has 1 rings (SSSR count). The molecule has 0 aliphatic rings. The van der Waals surface area contributed by atoms with Gasteiger partial charge < -0.3 is 11.1 Å². The molecule has 0 aliphatic heterocycles. The molecule has 0 radical (unpaired) electrons. The molecule has 0 aromatic heterocycles. The molecule has 18 heavy (non-hydrogen) atoms. The van der Waals surface area contributed by atoms with Crippen LogP contribution >= 0.6 is 0 Å². The Bertz CT molecular complexity index is 351. The molecular formula is C15H24N2O. The Kier molecular flexibility index (Phi) is 6.44. The standard InChI is InChI=1S/C15H24N2O/c1-3-7-14(10-16)15(18)17-11-12(2)13-8-5-4-6-9-13/h4-6,8-9,12,14H,3,7,10-11,16H2,1-2H3,(H,17,18). The summed E-state index contributed by atoms with van der Waals surface area (Å²) < 4.78 is 0. The van der Waals surface area contributed by atoms with Gasteiger partial charge in [-0.25, -0.2) is 0 Å². The zero-order valence-electron chi connectivity index (χ0n) is 11.4. The van der Waals surface area contributed by atoms with E-state index in [0.717, 1.165) is 12.8 Å². The predicted octanol–water partition coefficient (Wildman–Crippen LogP) is 2.28. The molecule has 2 atom stereocenters. The van der Waals surface area contributed by atoms with Gasteiger partial charge in [0.1, 0.15) is 0 Å². The summed E-state index contributed by atoms with van der Waals surface area (Å²) in [5, 5.41) is 3.00. The van der Waals surface area contributed by atoms with Gasteiger partial charge in [0.15, 0.2) is 0 Å². The third-order valence-corrected chi connectivity index (χ3v) is 3.24. The number of benzene rings is 1. The maximum absolute atomic E-state index is 11.9. The van der Waals surface area contributed by atoms with E-state index >= 15 is 0 Å². The number of amides is 1. The van der Waals surface area contributed by atoms with Crippen molar-refractivity contribution in [3.63, 3.8) is 0 Å². The second-order valence-electron chi connectivity index (χ2n) is 4.78. The van der Waals surface area contributed by atoms with Crippen molar-refractivity contribution < 1.29 is 4.79 Å². The summed E-state index contributed by atoms with van der Waals surface area (Å²) in [7, 11) is 0. The first-order chi connectivity index (χ1) is 8.69. The van der Waals surface area contributed by atoms with Crippen molar-refractivity contribution in [2.24, 2.45) is 11.7 Å². The average molecular weight is 248 g/mol. The van der Waals surface area contributed by atoms with Crippen LogP contribution in [0.2, 0.25) is 0 Å². The normalized spacial score (nSPS) is 13.9. The van der Waals surface area contributed by atoms with Gasteiger partial charge in [-0.2, -0.15) is 0 Å². The Morgan fingerprint density at radius 3 is 2.56 bits per heavy atom. The molecule has 100 valence electrons. The lowest BCUT2D eigenvalue weighted by Crippen LogP contribution is -2.36. The van der Waals surface area contributed by atoms with E-state index < -0.39 is 0 Å². The first kappa shape index (κ1) is 14.7. The summed E-state index contributed by atoms with van der Waals surface area (Å²) in [5.74, 6) is 0.371. The van der Waals surface area contributed by atoms with Crippen LogP contribution in [-0.2, 0) is 4.79 Å². The molecule has 3 heteroatoms. The van der Waals surface area contributed by atoms with E-state index in [1.54, 1.807) is 0 Å². The summed E-state index contributed by atoms with van der Waals surface area (Å²) in [6, 6.07) is 10.2. The van der Waals surface area contributed by atoms with Crippen LogP contribution in [0.1, 0.15) is 38.2 Å². The highest BCUT2D eigenvalue weighted by Gasteiger charge is 2.16. The fourth-order valence-corrected chi connectivity index (χ4v) is 2.00. The fraction of sp³-hybridized carbons (Fsp3) is 0.533. The van der Waals surface area contributed by atoms with Crippen molar-refractivity contribution >= 4 is 5.91 Å². The summed E-state index contributed by atoms with van der Waals surface area (Å²) in [6.45, 7) is 5.29. The third-order valence-electron chi connectivity index (χ3n) is 3.24. The second kappa shape index (κ2) is 7.88. The van der Waals surface area contributed by atoms with Gasteiger partial charge in [0.2, 0.25) is 5.91 Å². The van der Waals surface area contributed by atoms with Crippen LogP contribution < -0.4 is 11.1 Å². The van der Waals surface area contributed by atoms with Crippen LogP contribution in [0, 0.1) is 5.92 Å². The Morgan fingerprint density at radius 2 is 2.00 bits per heavy atom. The smallest absolute Gasteiger partial charge is 0.224 e. The van der Waals surface area contributed by atoms with Gasteiger partial charge in [-0.05, 0) is 17.9 Å².